The normalized spacial score (nSPS) is 18.3. The highest BCUT2D eigenvalue weighted by Gasteiger charge is 2.13. The summed E-state index contributed by atoms with van der Waals surface area (Å²) in [4.78, 5) is 2.39. The van der Waals surface area contributed by atoms with Crippen LogP contribution in [-0.4, -0.2) is 11.4 Å². The fourth-order valence-electron chi connectivity index (χ4n) is 1.87. The monoisotopic (exact) mass is 165 g/mol. The van der Waals surface area contributed by atoms with Crippen LogP contribution in [-0.2, 0) is 0 Å². The van der Waals surface area contributed by atoms with Gasteiger partial charge in [-0.1, -0.05) is 13.0 Å². The maximum atomic E-state index is 2.39. The number of hydrogen-bond acceptors (Lipinski definition) is 1. The molecule has 1 heterocycles. The highest BCUT2D eigenvalue weighted by molar-refractivity contribution is 5.24. The van der Waals surface area contributed by atoms with Crippen LogP contribution in [0.3, 0.4) is 0 Å². The van der Waals surface area contributed by atoms with Gasteiger partial charge in [0.15, 0.2) is 0 Å². The van der Waals surface area contributed by atoms with Gasteiger partial charge in [0.1, 0.15) is 0 Å². The first-order valence-electron chi connectivity index (χ1n) is 4.83. The van der Waals surface area contributed by atoms with E-state index in [-0.39, 0.29) is 0 Å². The number of nitrogens with zero attached hydrogens (tertiary/aromatic N) is 1. The van der Waals surface area contributed by atoms with Crippen molar-refractivity contribution in [2.45, 2.75) is 40.5 Å². The molecule has 0 aromatic heterocycles. The standard InChI is InChI=1S/C11H19N/c1-5-11-8-7-9(3)12(6-2)10(11)4/h7H,5-6,8H2,1-4H3. The van der Waals surface area contributed by atoms with Crippen LogP contribution >= 0.6 is 0 Å². The van der Waals surface area contributed by atoms with Gasteiger partial charge >= 0.3 is 0 Å². The molecule has 0 aliphatic carbocycles. The summed E-state index contributed by atoms with van der Waals surface area (Å²) in [6.07, 6.45) is 4.67. The topological polar surface area (TPSA) is 3.24 Å². The summed E-state index contributed by atoms with van der Waals surface area (Å²) in [6.45, 7) is 9.97. The second-order valence-electron chi connectivity index (χ2n) is 3.34. The molecule has 1 aliphatic heterocycles. The van der Waals surface area contributed by atoms with Gasteiger partial charge in [-0.3, -0.25) is 0 Å². The van der Waals surface area contributed by atoms with Crippen LogP contribution in [0.5, 0.6) is 0 Å². The highest BCUT2D eigenvalue weighted by atomic mass is 15.1. The molecule has 1 aliphatic rings. The molecule has 0 atom stereocenters. The largest absolute Gasteiger partial charge is 0.350 e. The third-order valence-corrected chi connectivity index (χ3v) is 2.73. The quantitative estimate of drug-likeness (QED) is 0.607. The molecule has 0 amide bonds. The number of rotatable bonds is 2. The molecule has 0 radical (unpaired) electrons. The van der Waals surface area contributed by atoms with Gasteiger partial charge in [-0.15, -0.1) is 0 Å². The van der Waals surface area contributed by atoms with E-state index < -0.39 is 0 Å². The van der Waals surface area contributed by atoms with E-state index in [0.717, 1.165) is 13.0 Å². The minimum Gasteiger partial charge on any atom is -0.350 e. The van der Waals surface area contributed by atoms with E-state index in [1.54, 1.807) is 5.57 Å². The lowest BCUT2D eigenvalue weighted by Gasteiger charge is -2.30. The Bertz CT molecular complexity index is 223. The first-order valence-corrected chi connectivity index (χ1v) is 4.83. The van der Waals surface area contributed by atoms with E-state index in [1.165, 1.54) is 17.8 Å². The molecule has 0 spiro atoms. The summed E-state index contributed by atoms with van der Waals surface area (Å²) in [6, 6.07) is 0. The van der Waals surface area contributed by atoms with Gasteiger partial charge in [0.2, 0.25) is 0 Å². The lowest BCUT2D eigenvalue weighted by Crippen LogP contribution is -2.23. The summed E-state index contributed by atoms with van der Waals surface area (Å²) >= 11 is 0. The van der Waals surface area contributed by atoms with Crippen molar-refractivity contribution in [3.63, 3.8) is 0 Å². The molecule has 0 aromatic rings. The molecule has 0 aromatic carbocycles. The Morgan fingerprint density at radius 1 is 1.33 bits per heavy atom. The van der Waals surface area contributed by atoms with Crippen molar-refractivity contribution in [3.05, 3.63) is 23.0 Å². The molecule has 0 unspecified atom stereocenters. The predicted molar refractivity (Wildman–Crippen MR) is 53.7 cm³/mol. The van der Waals surface area contributed by atoms with E-state index in [1.807, 2.05) is 0 Å². The van der Waals surface area contributed by atoms with Crippen molar-refractivity contribution >= 4 is 0 Å². The molecule has 0 fully saturated rings. The van der Waals surface area contributed by atoms with Crippen molar-refractivity contribution < 1.29 is 0 Å². The number of allylic oxidation sites excluding steroid dienone is 4. The Hall–Kier alpha value is -0.720. The molecule has 1 rings (SSSR count). The van der Waals surface area contributed by atoms with Gasteiger partial charge < -0.3 is 4.90 Å². The molecule has 1 nitrogen and oxygen atoms in total. The first-order chi connectivity index (χ1) is 5.70. The summed E-state index contributed by atoms with van der Waals surface area (Å²) in [5.74, 6) is 0. The van der Waals surface area contributed by atoms with Crippen LogP contribution in [0, 0.1) is 0 Å². The highest BCUT2D eigenvalue weighted by Crippen LogP contribution is 2.26. The van der Waals surface area contributed by atoms with Crippen molar-refractivity contribution in [2.24, 2.45) is 0 Å². The lowest BCUT2D eigenvalue weighted by molar-refractivity contribution is 0.432. The molecular weight excluding hydrogens is 146 g/mol. The molecule has 0 bridgehead atoms. The summed E-state index contributed by atoms with van der Waals surface area (Å²) in [5, 5.41) is 0. The second-order valence-corrected chi connectivity index (χ2v) is 3.34. The predicted octanol–water partition coefficient (Wildman–Crippen LogP) is 3.30. The van der Waals surface area contributed by atoms with Crippen LogP contribution < -0.4 is 0 Å². The smallest absolute Gasteiger partial charge is 0.0196 e. The molecule has 0 saturated heterocycles. The first kappa shape index (κ1) is 9.37. The van der Waals surface area contributed by atoms with Gasteiger partial charge in [-0.2, -0.15) is 0 Å². The van der Waals surface area contributed by atoms with Crippen molar-refractivity contribution in [3.8, 4) is 0 Å². The second kappa shape index (κ2) is 3.79. The van der Waals surface area contributed by atoms with E-state index in [4.69, 9.17) is 0 Å². The van der Waals surface area contributed by atoms with E-state index in [9.17, 15) is 0 Å². The summed E-state index contributed by atoms with van der Waals surface area (Å²) < 4.78 is 0. The van der Waals surface area contributed by atoms with Crippen LogP contribution in [0.25, 0.3) is 0 Å². The van der Waals surface area contributed by atoms with Crippen LogP contribution in [0.15, 0.2) is 23.0 Å². The molecule has 0 saturated carbocycles. The SMILES string of the molecule is CCC1=C(C)N(CC)C(C)=CC1. The zero-order chi connectivity index (χ0) is 9.14. The van der Waals surface area contributed by atoms with Gasteiger partial charge in [-0.05, 0) is 39.2 Å². The summed E-state index contributed by atoms with van der Waals surface area (Å²) in [7, 11) is 0. The van der Waals surface area contributed by atoms with Crippen molar-refractivity contribution in [1.29, 1.82) is 0 Å². The minimum atomic E-state index is 1.09. The lowest BCUT2D eigenvalue weighted by atomic mass is 10.0. The fourth-order valence-corrected chi connectivity index (χ4v) is 1.87. The minimum absolute atomic E-state index is 1.09. The Morgan fingerprint density at radius 3 is 2.50 bits per heavy atom. The molecule has 1 heteroatoms. The molecular formula is C11H19N. The maximum Gasteiger partial charge on any atom is 0.0196 e. The van der Waals surface area contributed by atoms with Crippen molar-refractivity contribution in [2.75, 3.05) is 6.54 Å². The van der Waals surface area contributed by atoms with Gasteiger partial charge in [0.25, 0.3) is 0 Å². The average molecular weight is 165 g/mol. The Morgan fingerprint density at radius 2 is 2.00 bits per heavy atom. The van der Waals surface area contributed by atoms with Gasteiger partial charge in [-0.25, -0.2) is 0 Å². The third-order valence-electron chi connectivity index (χ3n) is 2.73. The Kier molecular flexibility index (Phi) is 2.96. The van der Waals surface area contributed by atoms with Crippen molar-refractivity contribution in [1.82, 2.24) is 4.90 Å². The van der Waals surface area contributed by atoms with Crippen LogP contribution in [0.4, 0.5) is 0 Å². The van der Waals surface area contributed by atoms with Gasteiger partial charge in [0.05, 0.1) is 0 Å². The van der Waals surface area contributed by atoms with Crippen LogP contribution in [0.2, 0.25) is 0 Å². The maximum absolute atomic E-state index is 2.39. The molecule has 68 valence electrons. The fraction of sp³-hybridized carbons (Fsp3) is 0.636. The zero-order valence-corrected chi connectivity index (χ0v) is 8.65. The van der Waals surface area contributed by atoms with E-state index in [2.05, 4.69) is 38.7 Å². The van der Waals surface area contributed by atoms with Crippen LogP contribution in [0.1, 0.15) is 40.5 Å². The van der Waals surface area contributed by atoms with E-state index in [0.29, 0.717) is 0 Å². The summed E-state index contributed by atoms with van der Waals surface area (Å²) in [5.41, 5.74) is 4.47. The van der Waals surface area contributed by atoms with Gasteiger partial charge in [0, 0.05) is 17.9 Å². The Balaban J connectivity index is 2.87. The third kappa shape index (κ3) is 1.55. The molecule has 0 N–H and O–H groups in total. The average Bonchev–Trinajstić information content (AvgIpc) is 2.06. The zero-order valence-electron chi connectivity index (χ0n) is 8.65. The molecule has 12 heavy (non-hydrogen) atoms. The Labute approximate surface area is 75.8 Å². The van der Waals surface area contributed by atoms with E-state index >= 15 is 0 Å². The number of hydrogen-bond donors (Lipinski definition) is 0.